The molecule has 0 amide bonds. The van der Waals surface area contributed by atoms with E-state index in [0.29, 0.717) is 11.4 Å². The van der Waals surface area contributed by atoms with Crippen molar-refractivity contribution in [3.05, 3.63) is 82.6 Å². The molecule has 1 aromatic carbocycles. The Morgan fingerprint density at radius 3 is 2.67 bits per heavy atom. The molecule has 2 rings (SSSR count). The van der Waals surface area contributed by atoms with Gasteiger partial charge < -0.3 is 9.84 Å². The lowest BCUT2D eigenvalue weighted by molar-refractivity contribution is 0.305. The number of aliphatic hydroxyl groups excluding tert-OH is 1. The number of aromatic nitrogens is 1. The Bertz CT molecular complexity index is 776. The number of allylic oxidation sites excluding steroid dienone is 3. The van der Waals surface area contributed by atoms with Crippen LogP contribution in [0.2, 0.25) is 0 Å². The molecule has 1 N–H and O–H groups in total. The third-order valence-electron chi connectivity index (χ3n) is 3.30. The molecule has 1 aromatic heterocycles. The molecule has 0 aliphatic heterocycles. The van der Waals surface area contributed by atoms with Crippen molar-refractivity contribution in [2.24, 2.45) is 0 Å². The van der Waals surface area contributed by atoms with Gasteiger partial charge in [-0.25, -0.2) is 4.39 Å². The van der Waals surface area contributed by atoms with E-state index >= 15 is 0 Å². The van der Waals surface area contributed by atoms with Crippen LogP contribution in [0, 0.1) is 5.82 Å². The highest BCUT2D eigenvalue weighted by atomic mass is 19.1. The molecule has 0 spiro atoms. The van der Waals surface area contributed by atoms with Crippen molar-refractivity contribution >= 4 is 5.70 Å². The van der Waals surface area contributed by atoms with Gasteiger partial charge in [0.05, 0.1) is 6.61 Å². The fourth-order valence-electron chi connectivity index (χ4n) is 2.14. The molecule has 0 atom stereocenters. The van der Waals surface area contributed by atoms with Crippen LogP contribution in [-0.2, 0) is 6.61 Å². The highest BCUT2D eigenvalue weighted by Crippen LogP contribution is 2.13. The maximum Gasteiger partial charge on any atom is 0.258 e. The molecule has 0 bridgehead atoms. The quantitative estimate of drug-likeness (QED) is 0.793. The summed E-state index contributed by atoms with van der Waals surface area (Å²) in [6, 6.07) is 9.11. The summed E-state index contributed by atoms with van der Waals surface area (Å²) >= 11 is 0. The van der Waals surface area contributed by atoms with Crippen molar-refractivity contribution in [1.29, 1.82) is 0 Å². The average Bonchev–Trinajstić information content (AvgIpc) is 2.58. The zero-order valence-corrected chi connectivity index (χ0v) is 13.5. The first-order valence-electron chi connectivity index (χ1n) is 7.72. The van der Waals surface area contributed by atoms with E-state index in [-0.39, 0.29) is 24.6 Å². The number of benzene rings is 1. The van der Waals surface area contributed by atoms with Crippen molar-refractivity contribution in [3.8, 4) is 5.75 Å². The first-order valence-corrected chi connectivity index (χ1v) is 7.72. The highest BCUT2D eigenvalue weighted by molar-refractivity contribution is 5.57. The van der Waals surface area contributed by atoms with E-state index in [4.69, 9.17) is 9.84 Å². The Hall–Kier alpha value is -2.66. The van der Waals surface area contributed by atoms with E-state index in [1.165, 1.54) is 22.8 Å². The zero-order valence-electron chi connectivity index (χ0n) is 13.5. The number of pyridine rings is 1. The van der Waals surface area contributed by atoms with Crippen LogP contribution < -0.4 is 10.3 Å². The Morgan fingerprint density at radius 1 is 1.29 bits per heavy atom. The topological polar surface area (TPSA) is 51.5 Å². The molecule has 5 heteroatoms. The van der Waals surface area contributed by atoms with Gasteiger partial charge in [-0.05, 0) is 36.3 Å². The van der Waals surface area contributed by atoms with Gasteiger partial charge in [0, 0.05) is 18.0 Å². The number of nitrogens with zero attached hydrogens (tertiary/aromatic N) is 1. The standard InChI is InChI=1S/C19H20FNO3/c1-2-4-17(5-3-12-22)21-11-10-18(13-19(21)23)24-14-15-6-8-16(20)9-7-15/h3-11,13,22H,2,12,14H2,1H3/b5-3-,17-4+. The van der Waals surface area contributed by atoms with E-state index in [1.807, 2.05) is 13.0 Å². The molecule has 0 unspecified atom stereocenters. The van der Waals surface area contributed by atoms with Crippen LogP contribution in [0.5, 0.6) is 5.75 Å². The second-order valence-corrected chi connectivity index (χ2v) is 5.11. The monoisotopic (exact) mass is 329 g/mol. The van der Waals surface area contributed by atoms with Crippen LogP contribution in [-0.4, -0.2) is 16.3 Å². The van der Waals surface area contributed by atoms with Gasteiger partial charge in [0.2, 0.25) is 0 Å². The van der Waals surface area contributed by atoms with Gasteiger partial charge in [-0.1, -0.05) is 31.2 Å². The first kappa shape index (κ1) is 17.7. The van der Waals surface area contributed by atoms with Crippen LogP contribution in [0.4, 0.5) is 4.39 Å². The molecule has 0 aliphatic rings. The molecule has 0 saturated heterocycles. The lowest BCUT2D eigenvalue weighted by Gasteiger charge is -2.10. The van der Waals surface area contributed by atoms with Crippen molar-refractivity contribution in [1.82, 2.24) is 4.57 Å². The fraction of sp³-hybridized carbons (Fsp3) is 0.211. The van der Waals surface area contributed by atoms with Gasteiger partial charge in [0.25, 0.3) is 5.56 Å². The van der Waals surface area contributed by atoms with Crippen molar-refractivity contribution in [3.63, 3.8) is 0 Å². The fourth-order valence-corrected chi connectivity index (χ4v) is 2.14. The number of aliphatic hydroxyl groups is 1. The van der Waals surface area contributed by atoms with Crippen LogP contribution in [0.1, 0.15) is 18.9 Å². The molecule has 1 heterocycles. The van der Waals surface area contributed by atoms with E-state index in [2.05, 4.69) is 0 Å². The van der Waals surface area contributed by atoms with Crippen molar-refractivity contribution < 1.29 is 14.2 Å². The Morgan fingerprint density at radius 2 is 2.04 bits per heavy atom. The summed E-state index contributed by atoms with van der Waals surface area (Å²) in [6.07, 6.45) is 7.56. The second kappa shape index (κ2) is 8.84. The Balaban J connectivity index is 2.13. The molecule has 0 aliphatic carbocycles. The van der Waals surface area contributed by atoms with Crippen LogP contribution >= 0.6 is 0 Å². The lowest BCUT2D eigenvalue weighted by atomic mass is 10.2. The second-order valence-electron chi connectivity index (χ2n) is 5.11. The zero-order chi connectivity index (χ0) is 17.4. The normalized spacial score (nSPS) is 11.9. The molecular formula is C19H20FNO3. The molecule has 24 heavy (non-hydrogen) atoms. The predicted octanol–water partition coefficient (Wildman–Crippen LogP) is 3.37. The van der Waals surface area contributed by atoms with Gasteiger partial charge >= 0.3 is 0 Å². The Labute approximate surface area is 140 Å². The summed E-state index contributed by atoms with van der Waals surface area (Å²) in [6.45, 7) is 2.14. The van der Waals surface area contributed by atoms with Crippen LogP contribution in [0.3, 0.4) is 0 Å². The Kier molecular flexibility index (Phi) is 6.51. The number of halogens is 1. The summed E-state index contributed by atoms with van der Waals surface area (Å²) in [5.74, 6) is 0.148. The number of hydrogen-bond acceptors (Lipinski definition) is 3. The summed E-state index contributed by atoms with van der Waals surface area (Å²) in [5.41, 5.74) is 1.29. The maximum absolute atomic E-state index is 12.9. The van der Waals surface area contributed by atoms with Crippen LogP contribution in [0.15, 0.2) is 65.6 Å². The SMILES string of the molecule is CC/C=C(\C=C/CO)n1ccc(OCc2ccc(F)cc2)cc1=O. The molecule has 0 radical (unpaired) electrons. The van der Waals surface area contributed by atoms with Gasteiger partial charge in [0.15, 0.2) is 0 Å². The van der Waals surface area contributed by atoms with E-state index in [0.717, 1.165) is 12.0 Å². The van der Waals surface area contributed by atoms with Gasteiger partial charge in [-0.3, -0.25) is 9.36 Å². The van der Waals surface area contributed by atoms with Crippen molar-refractivity contribution in [2.75, 3.05) is 6.61 Å². The van der Waals surface area contributed by atoms with E-state index < -0.39 is 0 Å². The summed E-state index contributed by atoms with van der Waals surface area (Å²) < 4.78 is 19.9. The summed E-state index contributed by atoms with van der Waals surface area (Å²) in [5, 5.41) is 8.89. The van der Waals surface area contributed by atoms with E-state index in [1.54, 1.807) is 36.5 Å². The predicted molar refractivity (Wildman–Crippen MR) is 92.2 cm³/mol. The molecule has 126 valence electrons. The number of hydrogen-bond donors (Lipinski definition) is 1. The summed E-state index contributed by atoms with van der Waals surface area (Å²) in [4.78, 5) is 12.3. The molecular weight excluding hydrogens is 309 g/mol. The largest absolute Gasteiger partial charge is 0.489 e. The minimum atomic E-state index is -0.299. The smallest absolute Gasteiger partial charge is 0.258 e. The molecule has 0 saturated carbocycles. The van der Waals surface area contributed by atoms with E-state index in [9.17, 15) is 9.18 Å². The van der Waals surface area contributed by atoms with Gasteiger partial charge in [0.1, 0.15) is 18.2 Å². The number of ether oxygens (including phenoxy) is 1. The molecule has 4 nitrogen and oxygen atoms in total. The maximum atomic E-state index is 12.9. The minimum absolute atomic E-state index is 0.0886. The van der Waals surface area contributed by atoms with Gasteiger partial charge in [-0.15, -0.1) is 0 Å². The highest BCUT2D eigenvalue weighted by Gasteiger charge is 2.03. The summed E-state index contributed by atoms with van der Waals surface area (Å²) in [7, 11) is 0. The first-order chi connectivity index (χ1) is 11.6. The third kappa shape index (κ3) is 4.93. The molecule has 2 aromatic rings. The minimum Gasteiger partial charge on any atom is -0.489 e. The lowest BCUT2D eigenvalue weighted by Crippen LogP contribution is -2.17. The average molecular weight is 329 g/mol. The molecule has 0 fully saturated rings. The third-order valence-corrected chi connectivity index (χ3v) is 3.30. The van der Waals surface area contributed by atoms with Crippen LogP contribution in [0.25, 0.3) is 5.70 Å². The van der Waals surface area contributed by atoms with Gasteiger partial charge in [-0.2, -0.15) is 0 Å². The van der Waals surface area contributed by atoms with Crippen molar-refractivity contribution in [2.45, 2.75) is 20.0 Å². The number of rotatable bonds is 7.